The van der Waals surface area contributed by atoms with Crippen LogP contribution in [0.4, 0.5) is 14.5 Å². The summed E-state index contributed by atoms with van der Waals surface area (Å²) in [5, 5.41) is 6.33. The first-order valence-electron chi connectivity index (χ1n) is 9.34. The van der Waals surface area contributed by atoms with E-state index >= 15 is 0 Å². The lowest BCUT2D eigenvalue weighted by Gasteiger charge is -2.14. The number of nitrogens with one attached hydrogen (secondary N) is 1. The van der Waals surface area contributed by atoms with Crippen LogP contribution in [0.25, 0.3) is 11.3 Å². The van der Waals surface area contributed by atoms with E-state index in [-0.39, 0.29) is 24.3 Å². The van der Waals surface area contributed by atoms with Crippen molar-refractivity contribution < 1.29 is 27.8 Å². The number of aromatic nitrogens is 3. The van der Waals surface area contributed by atoms with Gasteiger partial charge in [-0.3, -0.25) is 19.3 Å². The Bertz CT molecular complexity index is 1170. The minimum atomic E-state index is -1.34. The second-order valence-electron chi connectivity index (χ2n) is 7.17. The highest BCUT2D eigenvalue weighted by atomic mass is 19.1. The third-order valence-electron chi connectivity index (χ3n) is 4.99. The number of methoxy groups -OCH3 is 1. The molecule has 10 heteroatoms. The summed E-state index contributed by atoms with van der Waals surface area (Å²) in [7, 11) is 2.93. The quantitative estimate of drug-likeness (QED) is 0.477. The lowest BCUT2D eigenvalue weighted by molar-refractivity contribution is -0.150. The summed E-state index contributed by atoms with van der Waals surface area (Å²) < 4.78 is 40.8. The van der Waals surface area contributed by atoms with Gasteiger partial charge >= 0.3 is 5.97 Å². The Morgan fingerprint density at radius 1 is 1.19 bits per heavy atom. The van der Waals surface area contributed by atoms with Gasteiger partial charge in [0.05, 0.1) is 24.7 Å². The van der Waals surface area contributed by atoms with Crippen LogP contribution < -0.4 is 10.1 Å². The van der Waals surface area contributed by atoms with Crippen molar-refractivity contribution in [3.05, 3.63) is 54.5 Å². The van der Waals surface area contributed by atoms with Gasteiger partial charge in [0.15, 0.2) is 17.4 Å². The smallest absolute Gasteiger partial charge is 0.321 e. The van der Waals surface area contributed by atoms with Crippen molar-refractivity contribution in [1.29, 1.82) is 0 Å². The Morgan fingerprint density at radius 3 is 2.61 bits per heavy atom. The van der Waals surface area contributed by atoms with Crippen molar-refractivity contribution in [2.75, 3.05) is 12.4 Å². The number of rotatable bonds is 6. The molecular weight excluding hydrogens is 410 g/mol. The number of benzene rings is 1. The number of nitrogens with zero attached hydrogens (tertiary/aromatic N) is 3. The van der Waals surface area contributed by atoms with E-state index in [1.54, 1.807) is 30.2 Å². The van der Waals surface area contributed by atoms with Crippen molar-refractivity contribution in [1.82, 2.24) is 14.8 Å². The van der Waals surface area contributed by atoms with Crippen LogP contribution in [0.5, 0.6) is 11.5 Å². The van der Waals surface area contributed by atoms with E-state index in [0.717, 1.165) is 17.7 Å². The maximum atomic E-state index is 14.6. The van der Waals surface area contributed by atoms with Gasteiger partial charge in [-0.15, -0.1) is 0 Å². The monoisotopic (exact) mass is 428 g/mol. The predicted octanol–water partition coefficient (Wildman–Crippen LogP) is 3.44. The van der Waals surface area contributed by atoms with Crippen LogP contribution in [-0.4, -0.2) is 33.8 Å². The van der Waals surface area contributed by atoms with E-state index in [1.807, 2.05) is 0 Å². The van der Waals surface area contributed by atoms with Crippen LogP contribution in [0, 0.1) is 17.0 Å². The number of carbonyl (C=O) groups is 2. The maximum absolute atomic E-state index is 14.6. The number of carbonyl (C=O) groups excluding carboxylic acids is 2. The molecule has 1 aromatic carbocycles. The van der Waals surface area contributed by atoms with Crippen molar-refractivity contribution in [3.8, 4) is 22.8 Å². The Morgan fingerprint density at radius 2 is 1.97 bits per heavy atom. The Labute approximate surface area is 175 Å². The third kappa shape index (κ3) is 3.96. The van der Waals surface area contributed by atoms with Crippen molar-refractivity contribution in [2.24, 2.45) is 12.5 Å². The zero-order chi connectivity index (χ0) is 22.2. The summed E-state index contributed by atoms with van der Waals surface area (Å²) in [5.41, 5.74) is -0.451. The molecule has 0 atom stereocenters. The molecule has 0 unspecified atom stereocenters. The highest BCUT2D eigenvalue weighted by molar-refractivity contribution is 6.11. The van der Waals surface area contributed by atoms with Gasteiger partial charge in [0, 0.05) is 43.2 Å². The molecule has 0 aliphatic heterocycles. The van der Waals surface area contributed by atoms with Gasteiger partial charge in [-0.1, -0.05) is 0 Å². The highest BCUT2D eigenvalue weighted by Crippen LogP contribution is 2.47. The molecule has 160 valence electrons. The molecule has 31 heavy (non-hydrogen) atoms. The molecule has 1 amide bonds. The van der Waals surface area contributed by atoms with E-state index in [1.165, 1.54) is 19.4 Å². The normalized spacial score (nSPS) is 14.1. The molecule has 2 aromatic heterocycles. The first kappa shape index (κ1) is 20.5. The molecule has 4 rings (SSSR count). The highest BCUT2D eigenvalue weighted by Gasteiger charge is 2.58. The summed E-state index contributed by atoms with van der Waals surface area (Å²) in [5.74, 6) is -3.36. The van der Waals surface area contributed by atoms with Crippen molar-refractivity contribution in [3.63, 3.8) is 0 Å². The Hall–Kier alpha value is -3.82. The summed E-state index contributed by atoms with van der Waals surface area (Å²) in [6.07, 6.45) is 5.42. The zero-order valence-electron chi connectivity index (χ0n) is 16.7. The van der Waals surface area contributed by atoms with Crippen LogP contribution in [0.3, 0.4) is 0 Å². The third-order valence-corrected chi connectivity index (χ3v) is 4.99. The molecular formula is C21H18F2N4O4. The number of ether oxygens (including phenoxy) is 2. The first-order chi connectivity index (χ1) is 14.8. The summed E-state index contributed by atoms with van der Waals surface area (Å²) >= 11 is 0. The minimum Gasteiger partial charge on any atom is -0.468 e. The number of pyridine rings is 1. The average molecular weight is 428 g/mol. The molecule has 3 aromatic rings. The minimum absolute atomic E-state index is 0.242. The van der Waals surface area contributed by atoms with Crippen molar-refractivity contribution >= 4 is 17.6 Å². The van der Waals surface area contributed by atoms with E-state index in [0.29, 0.717) is 5.69 Å². The molecule has 0 spiro atoms. The number of anilines is 1. The molecule has 1 aliphatic carbocycles. The predicted molar refractivity (Wildman–Crippen MR) is 105 cm³/mol. The number of esters is 1. The molecule has 1 aliphatic rings. The van der Waals surface area contributed by atoms with E-state index in [4.69, 9.17) is 4.74 Å². The number of amides is 1. The van der Waals surface area contributed by atoms with Crippen LogP contribution in [-0.2, 0) is 21.4 Å². The lowest BCUT2D eigenvalue weighted by atomic mass is 10.1. The fourth-order valence-corrected chi connectivity index (χ4v) is 3.10. The van der Waals surface area contributed by atoms with Gasteiger partial charge in [-0.05, 0) is 18.9 Å². The van der Waals surface area contributed by atoms with E-state index in [2.05, 4.69) is 20.1 Å². The molecule has 8 nitrogen and oxygen atoms in total. The Kier molecular flexibility index (Phi) is 5.14. The van der Waals surface area contributed by atoms with Crippen molar-refractivity contribution in [2.45, 2.75) is 12.8 Å². The van der Waals surface area contributed by atoms with E-state index < -0.39 is 34.6 Å². The molecule has 0 bridgehead atoms. The fraction of sp³-hybridized carbons (Fsp3) is 0.238. The van der Waals surface area contributed by atoms with E-state index in [9.17, 15) is 18.4 Å². The number of halogens is 2. The standard InChI is InChI=1S/C21H18F2N4O4/c1-27-11-12(10-25-27)16-7-13(3-6-24-16)31-18-9-14(22)17(8-15(18)23)26-19(28)21(4-5-21)20(29)30-2/h3,6-11H,4-5H2,1-2H3,(H,26,28). The number of hydrogen-bond donors (Lipinski definition) is 1. The van der Waals surface area contributed by atoms with Crippen LogP contribution in [0.1, 0.15) is 12.8 Å². The number of aryl methyl sites for hydroxylation is 1. The van der Waals surface area contributed by atoms with Gasteiger partial charge in [-0.25, -0.2) is 8.78 Å². The summed E-state index contributed by atoms with van der Waals surface area (Å²) in [4.78, 5) is 28.4. The van der Waals surface area contributed by atoms with Gasteiger partial charge in [0.2, 0.25) is 5.91 Å². The maximum Gasteiger partial charge on any atom is 0.321 e. The van der Waals surface area contributed by atoms with Crippen LogP contribution in [0.15, 0.2) is 42.9 Å². The van der Waals surface area contributed by atoms with Gasteiger partial charge in [0.1, 0.15) is 11.2 Å². The molecule has 2 heterocycles. The summed E-state index contributed by atoms with van der Waals surface area (Å²) in [6, 6.07) is 4.70. The zero-order valence-corrected chi connectivity index (χ0v) is 16.7. The molecule has 1 fully saturated rings. The largest absolute Gasteiger partial charge is 0.468 e. The van der Waals surface area contributed by atoms with Crippen LogP contribution >= 0.6 is 0 Å². The molecule has 0 saturated heterocycles. The average Bonchev–Trinajstić information content (AvgIpc) is 3.46. The topological polar surface area (TPSA) is 95.3 Å². The SMILES string of the molecule is COC(=O)C1(C(=O)Nc2cc(F)c(Oc3ccnc(-c4cnn(C)c4)c3)cc2F)CC1. The van der Waals surface area contributed by atoms with Gasteiger partial charge in [-0.2, -0.15) is 5.10 Å². The molecule has 1 N–H and O–H groups in total. The lowest BCUT2D eigenvalue weighted by Crippen LogP contribution is -2.32. The van der Waals surface area contributed by atoms with Gasteiger partial charge in [0.25, 0.3) is 0 Å². The second-order valence-corrected chi connectivity index (χ2v) is 7.17. The summed E-state index contributed by atoms with van der Waals surface area (Å²) in [6.45, 7) is 0. The second kappa shape index (κ2) is 7.78. The fourth-order valence-electron chi connectivity index (χ4n) is 3.10. The van der Waals surface area contributed by atoms with Gasteiger partial charge < -0.3 is 14.8 Å². The van der Waals surface area contributed by atoms with Crippen LogP contribution in [0.2, 0.25) is 0 Å². The first-order valence-corrected chi connectivity index (χ1v) is 9.34. The Balaban J connectivity index is 1.53. The molecule has 1 saturated carbocycles. The molecule has 0 radical (unpaired) electrons. The number of hydrogen-bond acceptors (Lipinski definition) is 6.